The molecule has 0 amide bonds. The third-order valence-electron chi connectivity index (χ3n) is 0.348. The topological polar surface area (TPSA) is 66.2 Å². The Balaban J connectivity index is 0. The maximum absolute atomic E-state index is 9.59. The van der Waals surface area contributed by atoms with Crippen LogP contribution in [0.2, 0.25) is 0 Å². The summed E-state index contributed by atoms with van der Waals surface area (Å²) in [7, 11) is -2.51. The monoisotopic (exact) mass is 131 g/mol. The summed E-state index contributed by atoms with van der Waals surface area (Å²) in [5, 5.41) is 0. The van der Waals surface area contributed by atoms with E-state index < -0.39 is 8.03 Å². The van der Waals surface area contributed by atoms with Crippen LogP contribution in [0.3, 0.4) is 0 Å². The smallest absolute Gasteiger partial charge is 0.802 e. The van der Waals surface area contributed by atoms with E-state index in [1.807, 2.05) is 0 Å². The van der Waals surface area contributed by atoms with Crippen molar-refractivity contribution in [1.29, 1.82) is 0 Å². The van der Waals surface area contributed by atoms with Crippen molar-refractivity contribution in [2.45, 2.75) is 0 Å². The summed E-state index contributed by atoms with van der Waals surface area (Å²) in [5.41, 5.74) is 4.85. The van der Waals surface area contributed by atoms with Gasteiger partial charge in [0, 0.05) is 8.03 Å². The Labute approximate surface area is 65.4 Å². The second kappa shape index (κ2) is 7.15. The van der Waals surface area contributed by atoms with Gasteiger partial charge in [-0.05, 0) is 12.7 Å². The Hall–Kier alpha value is 1.15. The molecule has 7 heavy (non-hydrogen) atoms. The molecule has 0 spiro atoms. The maximum atomic E-state index is 9.59. The van der Waals surface area contributed by atoms with Crippen molar-refractivity contribution in [3.63, 3.8) is 0 Å². The Morgan fingerprint density at radius 1 is 1.71 bits per heavy atom. The molecule has 0 fully saturated rings. The molecule has 3 nitrogen and oxygen atoms in total. The molecular weight excluding hydrogens is 124 g/mol. The molecule has 0 aromatic heterocycles. The molecule has 0 aromatic carbocycles. The molecular formula is C2H7NNaO2P. The molecule has 38 valence electrons. The third kappa shape index (κ3) is 11.0. The van der Waals surface area contributed by atoms with Crippen LogP contribution in [0.25, 0.3) is 0 Å². The Kier molecular flexibility index (Phi) is 11.3. The summed E-state index contributed by atoms with van der Waals surface area (Å²) in [4.78, 5) is 9.59. The normalized spacial score (nSPS) is 12.3. The summed E-state index contributed by atoms with van der Waals surface area (Å²) < 4.78 is 9.59. The number of hydrogen-bond donors (Lipinski definition) is 1. The van der Waals surface area contributed by atoms with Gasteiger partial charge < -0.3 is 15.2 Å². The predicted molar refractivity (Wildman–Crippen MR) is 22.9 cm³/mol. The number of hydrogen-bond acceptors (Lipinski definition) is 3. The minimum atomic E-state index is -2.51. The average Bonchev–Trinajstić information content (AvgIpc) is 1.35. The molecule has 2 N–H and O–H groups in total. The van der Waals surface area contributed by atoms with E-state index in [2.05, 4.69) is 0 Å². The number of nitrogens with two attached hydrogens (primary N) is 1. The second-order valence-electron chi connectivity index (χ2n) is 0.911. The van der Waals surface area contributed by atoms with E-state index in [-0.39, 0.29) is 42.3 Å². The molecule has 0 aliphatic rings. The Morgan fingerprint density at radius 2 is 2.14 bits per heavy atom. The minimum absolute atomic E-state index is 0. The summed E-state index contributed by atoms with van der Waals surface area (Å²) in [6.45, 7) is 0.251. The van der Waals surface area contributed by atoms with Crippen LogP contribution in [0.1, 0.15) is 0 Å². The van der Waals surface area contributed by atoms with Gasteiger partial charge >= 0.3 is 29.6 Å². The largest absolute Gasteiger partial charge is 1.00 e. The summed E-state index contributed by atoms with van der Waals surface area (Å²) in [6, 6.07) is 0. The molecule has 0 saturated carbocycles. The first-order chi connectivity index (χ1) is 2.77. The van der Waals surface area contributed by atoms with E-state index in [9.17, 15) is 9.46 Å². The van der Waals surface area contributed by atoms with E-state index in [1.54, 1.807) is 0 Å². The van der Waals surface area contributed by atoms with Crippen molar-refractivity contribution < 1.29 is 39.0 Å². The average molecular weight is 131 g/mol. The van der Waals surface area contributed by atoms with Gasteiger partial charge in [-0.1, -0.05) is 0 Å². The molecule has 0 bridgehead atoms. The van der Waals surface area contributed by atoms with Crippen LogP contribution in [0, 0.1) is 0 Å². The molecule has 0 rings (SSSR count). The van der Waals surface area contributed by atoms with Gasteiger partial charge in [-0.2, -0.15) is 0 Å². The van der Waals surface area contributed by atoms with Gasteiger partial charge in [-0.3, -0.25) is 0 Å². The van der Waals surface area contributed by atoms with Gasteiger partial charge in [0.15, 0.2) is 0 Å². The molecule has 0 aliphatic carbocycles. The number of rotatable bonds is 2. The van der Waals surface area contributed by atoms with Crippen molar-refractivity contribution in [2.75, 3.05) is 12.7 Å². The molecule has 1 unspecified atom stereocenters. The molecule has 5 heteroatoms. The van der Waals surface area contributed by atoms with Crippen LogP contribution in [0.4, 0.5) is 0 Å². The van der Waals surface area contributed by atoms with Crippen LogP contribution >= 0.6 is 8.03 Å². The standard InChI is InChI=1S/C2H8NO2P.Na/c3-1-2-6(4)5;/h6H,1-3H2,(H,4,5);/q;+1/p-1. The zero-order valence-corrected chi connectivity index (χ0v) is 7.31. The fourth-order valence-electron chi connectivity index (χ4n) is 0.118. The quantitative estimate of drug-likeness (QED) is 0.305. The van der Waals surface area contributed by atoms with Gasteiger partial charge in [0.25, 0.3) is 0 Å². The third-order valence-corrected chi connectivity index (χ3v) is 1.05. The maximum Gasteiger partial charge on any atom is 1.00 e. The van der Waals surface area contributed by atoms with Gasteiger partial charge in [0.2, 0.25) is 0 Å². The summed E-state index contributed by atoms with van der Waals surface area (Å²) >= 11 is 0. The van der Waals surface area contributed by atoms with Crippen molar-refractivity contribution in [3.05, 3.63) is 0 Å². The fourth-order valence-corrected chi connectivity index (χ4v) is 0.354. The van der Waals surface area contributed by atoms with Crippen molar-refractivity contribution in [2.24, 2.45) is 5.73 Å². The Bertz CT molecular complexity index is 59.7. The zero-order chi connectivity index (χ0) is 4.99. The van der Waals surface area contributed by atoms with Crippen LogP contribution in [-0.4, -0.2) is 12.7 Å². The van der Waals surface area contributed by atoms with E-state index >= 15 is 0 Å². The van der Waals surface area contributed by atoms with Crippen molar-refractivity contribution in [3.8, 4) is 0 Å². The predicted octanol–water partition coefficient (Wildman–Crippen LogP) is -4.22. The zero-order valence-electron chi connectivity index (χ0n) is 4.31. The van der Waals surface area contributed by atoms with Gasteiger partial charge in [0.05, 0.1) is 0 Å². The first-order valence-corrected chi connectivity index (χ1v) is 3.19. The van der Waals surface area contributed by atoms with E-state index in [0.717, 1.165) is 0 Å². The summed E-state index contributed by atoms with van der Waals surface area (Å²) in [6.07, 6.45) is 0.144. The van der Waals surface area contributed by atoms with Crippen molar-refractivity contribution >= 4 is 8.03 Å². The SMILES string of the molecule is NCC[PH](=O)[O-].[Na+]. The molecule has 0 aromatic rings. The molecule has 0 radical (unpaired) electrons. The first-order valence-electron chi connectivity index (χ1n) is 1.67. The molecule has 1 atom stereocenters. The summed E-state index contributed by atoms with van der Waals surface area (Å²) in [5.74, 6) is 0. The Morgan fingerprint density at radius 3 is 2.14 bits per heavy atom. The van der Waals surface area contributed by atoms with Crippen LogP contribution in [0.15, 0.2) is 0 Å². The molecule has 0 heterocycles. The second-order valence-corrected chi connectivity index (χ2v) is 2.15. The van der Waals surface area contributed by atoms with Gasteiger partial charge in [-0.15, -0.1) is 0 Å². The molecule has 0 aliphatic heterocycles. The van der Waals surface area contributed by atoms with Crippen molar-refractivity contribution in [1.82, 2.24) is 0 Å². The van der Waals surface area contributed by atoms with Crippen LogP contribution in [-0.2, 0) is 4.57 Å². The minimum Gasteiger partial charge on any atom is -0.802 e. The van der Waals surface area contributed by atoms with Crippen LogP contribution in [0.5, 0.6) is 0 Å². The van der Waals surface area contributed by atoms with Gasteiger partial charge in [-0.25, -0.2) is 0 Å². The van der Waals surface area contributed by atoms with E-state index in [4.69, 9.17) is 5.73 Å². The molecule has 0 saturated heterocycles. The van der Waals surface area contributed by atoms with Crippen LogP contribution < -0.4 is 40.2 Å². The fraction of sp³-hybridized carbons (Fsp3) is 1.00. The van der Waals surface area contributed by atoms with E-state index in [1.165, 1.54) is 0 Å². The van der Waals surface area contributed by atoms with E-state index in [0.29, 0.717) is 0 Å². The first kappa shape index (κ1) is 11.0. The van der Waals surface area contributed by atoms with Gasteiger partial charge in [0.1, 0.15) is 0 Å².